The number of sulfonamides is 1. The van der Waals surface area contributed by atoms with Gasteiger partial charge in [0.2, 0.25) is 21.8 Å². The van der Waals surface area contributed by atoms with E-state index in [0.29, 0.717) is 37.6 Å². The van der Waals surface area contributed by atoms with Gasteiger partial charge in [-0.2, -0.15) is 4.31 Å². The van der Waals surface area contributed by atoms with E-state index in [1.54, 1.807) is 38.1 Å². The van der Waals surface area contributed by atoms with Crippen LogP contribution in [-0.2, 0) is 19.6 Å². The van der Waals surface area contributed by atoms with Crippen LogP contribution in [0.3, 0.4) is 0 Å². The van der Waals surface area contributed by atoms with E-state index in [1.807, 2.05) is 30.9 Å². The van der Waals surface area contributed by atoms with Gasteiger partial charge in [0.1, 0.15) is 0 Å². The quantitative estimate of drug-likeness (QED) is 0.581. The molecule has 1 aliphatic rings. The highest BCUT2D eigenvalue weighted by Crippen LogP contribution is 2.35. The monoisotopic (exact) mass is 472 g/mol. The number of carbonyl (C=O) groups is 2. The van der Waals surface area contributed by atoms with Crippen LogP contribution in [0, 0.1) is 0 Å². The fourth-order valence-electron chi connectivity index (χ4n) is 4.19. The molecule has 1 unspecified atom stereocenters. The Hall–Kier alpha value is -2.91. The summed E-state index contributed by atoms with van der Waals surface area (Å²) in [4.78, 5) is 27.7. The van der Waals surface area contributed by atoms with Gasteiger partial charge >= 0.3 is 0 Å². The summed E-state index contributed by atoms with van der Waals surface area (Å²) < 4.78 is 27.6. The molecule has 0 aromatic heterocycles. The smallest absolute Gasteiger partial charge is 0.243 e. The number of amides is 2. The van der Waals surface area contributed by atoms with Crippen LogP contribution in [0.2, 0.25) is 0 Å². The van der Waals surface area contributed by atoms with Gasteiger partial charge in [0.25, 0.3) is 0 Å². The van der Waals surface area contributed by atoms with Gasteiger partial charge in [-0.15, -0.1) is 0 Å². The molecule has 0 spiro atoms. The molecule has 8 nitrogen and oxygen atoms in total. The molecule has 0 fully saturated rings. The van der Waals surface area contributed by atoms with E-state index in [2.05, 4.69) is 10.6 Å². The van der Waals surface area contributed by atoms with Gasteiger partial charge in [-0.1, -0.05) is 32.0 Å². The summed E-state index contributed by atoms with van der Waals surface area (Å²) in [5.74, 6) is -1.23. The molecule has 178 valence electrons. The fraction of sp³-hybridized carbons (Fsp3) is 0.417. The molecular weight excluding hydrogens is 440 g/mol. The van der Waals surface area contributed by atoms with Gasteiger partial charge in [-0.05, 0) is 43.7 Å². The molecule has 0 saturated carbocycles. The van der Waals surface area contributed by atoms with Crippen LogP contribution in [-0.4, -0.2) is 50.7 Å². The molecule has 33 heavy (non-hydrogen) atoms. The fourth-order valence-corrected chi connectivity index (χ4v) is 5.68. The number of para-hydroxylation sites is 1. The number of fused-ring (bicyclic) bond motifs is 1. The van der Waals surface area contributed by atoms with Gasteiger partial charge in [0, 0.05) is 38.3 Å². The van der Waals surface area contributed by atoms with E-state index in [9.17, 15) is 18.0 Å². The third kappa shape index (κ3) is 5.04. The zero-order chi connectivity index (χ0) is 24.2. The number of benzene rings is 2. The largest absolute Gasteiger partial charge is 0.370 e. The van der Waals surface area contributed by atoms with Gasteiger partial charge < -0.3 is 15.5 Å². The highest BCUT2D eigenvalue weighted by Gasteiger charge is 2.31. The third-order valence-corrected chi connectivity index (χ3v) is 8.04. The Kier molecular flexibility index (Phi) is 7.76. The molecule has 0 aliphatic carbocycles. The van der Waals surface area contributed by atoms with Crippen LogP contribution in [0.4, 0.5) is 17.1 Å². The molecule has 2 amide bonds. The van der Waals surface area contributed by atoms with E-state index in [-0.39, 0.29) is 23.1 Å². The summed E-state index contributed by atoms with van der Waals surface area (Å²) >= 11 is 0. The summed E-state index contributed by atoms with van der Waals surface area (Å²) in [5.41, 5.74) is 2.52. The van der Waals surface area contributed by atoms with Crippen molar-refractivity contribution in [2.75, 3.05) is 41.7 Å². The zero-order valence-electron chi connectivity index (χ0n) is 19.6. The van der Waals surface area contributed by atoms with E-state index in [4.69, 9.17) is 0 Å². The lowest BCUT2D eigenvalue weighted by Gasteiger charge is -2.28. The molecule has 2 N–H and O–H groups in total. The number of carbonyl (C=O) groups excluding carboxylic acids is 2. The summed E-state index contributed by atoms with van der Waals surface area (Å²) in [6, 6.07) is 12.1. The van der Waals surface area contributed by atoms with Gasteiger partial charge in [0.05, 0.1) is 22.2 Å². The van der Waals surface area contributed by atoms with E-state index < -0.39 is 15.9 Å². The number of rotatable bonds is 9. The van der Waals surface area contributed by atoms with Crippen LogP contribution in [0.5, 0.6) is 0 Å². The maximum Gasteiger partial charge on any atom is 0.243 e. The SMILES string of the molecule is CCN(CC)c1ccc(S(=O)(=O)N(CC)CC)cc1NC(=O)C1CC(=O)Nc2ccccc21. The Labute approximate surface area is 196 Å². The van der Waals surface area contributed by atoms with E-state index in [1.165, 1.54) is 10.4 Å². The predicted octanol–water partition coefficient (Wildman–Crippen LogP) is 3.63. The second-order valence-electron chi connectivity index (χ2n) is 7.82. The van der Waals surface area contributed by atoms with Gasteiger partial charge in [-0.25, -0.2) is 8.42 Å². The van der Waals surface area contributed by atoms with Crippen LogP contribution >= 0.6 is 0 Å². The first-order valence-electron chi connectivity index (χ1n) is 11.3. The summed E-state index contributed by atoms with van der Waals surface area (Å²) in [6.45, 7) is 9.67. The minimum Gasteiger partial charge on any atom is -0.370 e. The van der Waals surface area contributed by atoms with E-state index >= 15 is 0 Å². The van der Waals surface area contributed by atoms with E-state index in [0.717, 1.165) is 11.3 Å². The molecule has 0 radical (unpaired) electrons. The lowest BCUT2D eigenvalue weighted by Crippen LogP contribution is -2.32. The first kappa shape index (κ1) is 24.7. The molecule has 2 aromatic carbocycles. The van der Waals surface area contributed by atoms with Crippen molar-refractivity contribution in [3.05, 3.63) is 48.0 Å². The standard InChI is InChI=1S/C24H32N4O4S/c1-5-27(6-2)22-14-13-17(33(31,32)28(7-3)8-4)15-21(22)26-24(30)19-16-23(29)25-20-12-10-9-11-18(19)20/h9-15,19H,5-8,16H2,1-4H3,(H,25,29)(H,26,30). The van der Waals surface area contributed by atoms with Crippen molar-refractivity contribution in [1.82, 2.24) is 4.31 Å². The first-order chi connectivity index (χ1) is 15.8. The summed E-state index contributed by atoms with van der Waals surface area (Å²) in [5, 5.41) is 5.73. The van der Waals surface area contributed by atoms with Crippen LogP contribution in [0.1, 0.15) is 45.6 Å². The topological polar surface area (TPSA) is 98.8 Å². The number of anilines is 3. The van der Waals surface area contributed by atoms with Crippen molar-refractivity contribution in [1.29, 1.82) is 0 Å². The summed E-state index contributed by atoms with van der Waals surface area (Å²) in [7, 11) is -3.70. The van der Waals surface area contributed by atoms with Crippen LogP contribution in [0.15, 0.2) is 47.4 Å². The molecule has 3 rings (SSSR count). The molecule has 1 aliphatic heterocycles. The van der Waals surface area contributed by atoms with Crippen molar-refractivity contribution in [3.8, 4) is 0 Å². The molecule has 9 heteroatoms. The maximum atomic E-state index is 13.4. The molecule has 1 atom stereocenters. The Balaban J connectivity index is 2.03. The first-order valence-corrected chi connectivity index (χ1v) is 12.8. The predicted molar refractivity (Wildman–Crippen MR) is 131 cm³/mol. The van der Waals surface area contributed by atoms with Gasteiger partial charge in [-0.3, -0.25) is 9.59 Å². The molecule has 1 heterocycles. The maximum absolute atomic E-state index is 13.4. The second kappa shape index (κ2) is 10.4. The Morgan fingerprint density at radius 2 is 1.70 bits per heavy atom. The third-order valence-electron chi connectivity index (χ3n) is 5.99. The van der Waals surface area contributed by atoms with Gasteiger partial charge in [0.15, 0.2) is 0 Å². The molecule has 2 aromatic rings. The normalized spacial score (nSPS) is 15.7. The average molecular weight is 473 g/mol. The minimum absolute atomic E-state index is 0.0287. The van der Waals surface area contributed by atoms with Crippen molar-refractivity contribution >= 4 is 38.9 Å². The van der Waals surface area contributed by atoms with Crippen molar-refractivity contribution in [2.24, 2.45) is 0 Å². The second-order valence-corrected chi connectivity index (χ2v) is 9.76. The Bertz CT molecular complexity index is 1130. The lowest BCUT2D eigenvalue weighted by atomic mass is 9.89. The van der Waals surface area contributed by atoms with Crippen molar-refractivity contribution in [2.45, 2.75) is 44.9 Å². The van der Waals surface area contributed by atoms with Crippen molar-refractivity contribution in [3.63, 3.8) is 0 Å². The van der Waals surface area contributed by atoms with Crippen LogP contribution < -0.4 is 15.5 Å². The number of nitrogens with one attached hydrogen (secondary N) is 2. The number of hydrogen-bond donors (Lipinski definition) is 2. The molecular formula is C24H32N4O4S. The Morgan fingerprint density at radius 3 is 2.33 bits per heavy atom. The van der Waals surface area contributed by atoms with Crippen molar-refractivity contribution < 1.29 is 18.0 Å². The highest BCUT2D eigenvalue weighted by atomic mass is 32.2. The lowest BCUT2D eigenvalue weighted by molar-refractivity contribution is -0.123. The molecule has 0 saturated heterocycles. The van der Waals surface area contributed by atoms with Crippen LogP contribution in [0.25, 0.3) is 0 Å². The average Bonchev–Trinajstić information content (AvgIpc) is 2.80. The zero-order valence-corrected chi connectivity index (χ0v) is 20.4. The Morgan fingerprint density at radius 1 is 1.03 bits per heavy atom. The molecule has 0 bridgehead atoms. The number of hydrogen-bond acceptors (Lipinski definition) is 5. The minimum atomic E-state index is -3.70. The number of nitrogens with zero attached hydrogens (tertiary/aromatic N) is 2. The summed E-state index contributed by atoms with van der Waals surface area (Å²) in [6.07, 6.45) is 0.0287. The highest BCUT2D eigenvalue weighted by molar-refractivity contribution is 7.89.